The number of β-amino-alcohol motifs (C(OH)–C–C–N with tert-alkyl or cyclic N) is 1. The first-order valence-corrected chi connectivity index (χ1v) is 8.07. The molecule has 1 N–H and O–H groups in total. The predicted octanol–water partition coefficient (Wildman–Crippen LogP) is 0.645. The first-order chi connectivity index (χ1) is 10.5. The number of aromatic nitrogens is 2. The van der Waals surface area contributed by atoms with Crippen LogP contribution in [-0.4, -0.2) is 84.3 Å². The molecule has 2 rings (SSSR count). The zero-order valence-corrected chi connectivity index (χ0v) is 14.2. The van der Waals surface area contributed by atoms with Gasteiger partial charge in [0.2, 0.25) is 5.95 Å². The lowest BCUT2D eigenvalue weighted by Crippen LogP contribution is -2.50. The van der Waals surface area contributed by atoms with Crippen LogP contribution in [0.4, 0.5) is 5.95 Å². The van der Waals surface area contributed by atoms with Gasteiger partial charge in [-0.25, -0.2) is 9.97 Å². The number of rotatable bonds is 6. The van der Waals surface area contributed by atoms with Crippen LogP contribution in [0.5, 0.6) is 0 Å². The van der Waals surface area contributed by atoms with Crippen LogP contribution in [0.3, 0.4) is 0 Å². The number of aliphatic hydroxyl groups is 1. The molecule has 1 aromatic rings. The molecule has 0 bridgehead atoms. The first kappa shape index (κ1) is 17.1. The Bertz CT molecular complexity index is 440. The van der Waals surface area contributed by atoms with Crippen molar-refractivity contribution in [3.05, 3.63) is 18.0 Å². The molecule has 22 heavy (non-hydrogen) atoms. The summed E-state index contributed by atoms with van der Waals surface area (Å²) in [6.45, 7) is 9.45. The summed E-state index contributed by atoms with van der Waals surface area (Å²) in [5.74, 6) is 1.28. The molecule has 1 aliphatic rings. The number of aliphatic hydroxyl groups excluding tert-OH is 1. The maximum absolute atomic E-state index is 10.0. The molecule has 0 amide bonds. The Morgan fingerprint density at radius 1 is 1.14 bits per heavy atom. The van der Waals surface area contributed by atoms with Gasteiger partial charge in [0, 0.05) is 51.7 Å². The van der Waals surface area contributed by atoms with Gasteiger partial charge in [0.1, 0.15) is 0 Å². The van der Waals surface area contributed by atoms with Crippen LogP contribution < -0.4 is 4.90 Å². The van der Waals surface area contributed by atoms with Gasteiger partial charge in [-0.2, -0.15) is 0 Å². The third-order valence-corrected chi connectivity index (χ3v) is 4.02. The number of hydrogen-bond acceptors (Lipinski definition) is 6. The second-order valence-electron chi connectivity index (χ2n) is 6.67. The summed E-state index contributed by atoms with van der Waals surface area (Å²) < 4.78 is 0. The van der Waals surface area contributed by atoms with E-state index in [-0.39, 0.29) is 6.10 Å². The molecule has 1 aliphatic heterocycles. The van der Waals surface area contributed by atoms with E-state index in [1.54, 1.807) is 0 Å². The molecular weight excluding hydrogens is 278 g/mol. The minimum absolute atomic E-state index is 0.289. The van der Waals surface area contributed by atoms with E-state index in [4.69, 9.17) is 0 Å². The molecule has 0 unspecified atom stereocenters. The highest BCUT2D eigenvalue weighted by Crippen LogP contribution is 2.15. The summed E-state index contributed by atoms with van der Waals surface area (Å²) in [6, 6.07) is 0. The van der Waals surface area contributed by atoms with E-state index in [0.29, 0.717) is 12.5 Å². The summed E-state index contributed by atoms with van der Waals surface area (Å²) in [6.07, 6.45) is 3.57. The molecule has 124 valence electrons. The molecule has 2 heterocycles. The Balaban J connectivity index is 1.81. The quantitative estimate of drug-likeness (QED) is 0.832. The largest absolute Gasteiger partial charge is 0.390 e. The van der Waals surface area contributed by atoms with Crippen molar-refractivity contribution in [1.82, 2.24) is 19.8 Å². The van der Waals surface area contributed by atoms with Crippen LogP contribution in [0, 0.1) is 0 Å². The molecule has 0 aliphatic carbocycles. The highest BCUT2D eigenvalue weighted by atomic mass is 16.3. The van der Waals surface area contributed by atoms with Gasteiger partial charge in [-0.05, 0) is 25.6 Å². The average molecular weight is 307 g/mol. The zero-order chi connectivity index (χ0) is 16.1. The molecule has 1 aromatic heterocycles. The third kappa shape index (κ3) is 4.90. The molecule has 0 saturated carbocycles. The summed E-state index contributed by atoms with van der Waals surface area (Å²) >= 11 is 0. The normalized spacial score (nSPS) is 18.2. The van der Waals surface area contributed by atoms with Gasteiger partial charge in [0.25, 0.3) is 0 Å². The van der Waals surface area contributed by atoms with Crippen LogP contribution in [0.2, 0.25) is 0 Å². The van der Waals surface area contributed by atoms with Gasteiger partial charge in [-0.1, -0.05) is 13.8 Å². The van der Waals surface area contributed by atoms with Crippen molar-refractivity contribution >= 4 is 5.95 Å². The van der Waals surface area contributed by atoms with Gasteiger partial charge in [-0.3, -0.25) is 4.90 Å². The molecule has 0 aromatic carbocycles. The Morgan fingerprint density at radius 2 is 1.73 bits per heavy atom. The lowest BCUT2D eigenvalue weighted by molar-refractivity contribution is 0.0859. The van der Waals surface area contributed by atoms with Gasteiger partial charge in [0.15, 0.2) is 0 Å². The standard InChI is InChI=1S/C16H29N5O/c1-13(2)14-9-17-16(18-10-14)21-7-5-20(6-8-21)12-15(22)11-19(3)4/h9-10,13,15,22H,5-8,11-12H2,1-4H3/t15-/m0/s1. The van der Waals surface area contributed by atoms with Gasteiger partial charge in [-0.15, -0.1) is 0 Å². The van der Waals surface area contributed by atoms with E-state index in [9.17, 15) is 5.11 Å². The molecule has 1 saturated heterocycles. The summed E-state index contributed by atoms with van der Waals surface area (Å²) in [5, 5.41) is 10.0. The summed E-state index contributed by atoms with van der Waals surface area (Å²) in [5.41, 5.74) is 1.18. The van der Waals surface area contributed by atoms with Crippen molar-refractivity contribution in [3.8, 4) is 0 Å². The van der Waals surface area contributed by atoms with Crippen LogP contribution >= 0.6 is 0 Å². The Labute approximate surface area is 133 Å². The fourth-order valence-electron chi connectivity index (χ4n) is 2.70. The molecule has 6 heteroatoms. The van der Waals surface area contributed by atoms with E-state index < -0.39 is 0 Å². The highest BCUT2D eigenvalue weighted by Gasteiger charge is 2.21. The first-order valence-electron chi connectivity index (χ1n) is 8.07. The van der Waals surface area contributed by atoms with E-state index in [1.807, 2.05) is 31.4 Å². The van der Waals surface area contributed by atoms with Crippen molar-refractivity contribution in [2.75, 3.05) is 58.3 Å². The van der Waals surface area contributed by atoms with E-state index in [1.165, 1.54) is 5.56 Å². The van der Waals surface area contributed by atoms with Crippen LogP contribution in [-0.2, 0) is 0 Å². The molecule has 6 nitrogen and oxygen atoms in total. The lowest BCUT2D eigenvalue weighted by Gasteiger charge is -2.35. The topological polar surface area (TPSA) is 55.7 Å². The maximum atomic E-state index is 10.0. The number of piperazine rings is 1. The smallest absolute Gasteiger partial charge is 0.225 e. The fraction of sp³-hybridized carbons (Fsp3) is 0.750. The zero-order valence-electron chi connectivity index (χ0n) is 14.2. The second-order valence-corrected chi connectivity index (χ2v) is 6.67. The van der Waals surface area contributed by atoms with Gasteiger partial charge in [0.05, 0.1) is 6.10 Å². The highest BCUT2D eigenvalue weighted by molar-refractivity contribution is 5.31. The van der Waals surface area contributed by atoms with E-state index >= 15 is 0 Å². The molecule has 1 atom stereocenters. The molecule has 1 fully saturated rings. The number of nitrogens with zero attached hydrogens (tertiary/aromatic N) is 5. The van der Waals surface area contributed by atoms with E-state index in [0.717, 1.165) is 38.7 Å². The van der Waals surface area contributed by atoms with Gasteiger partial charge < -0.3 is 14.9 Å². The lowest BCUT2D eigenvalue weighted by atomic mass is 10.1. The van der Waals surface area contributed by atoms with Crippen LogP contribution in [0.15, 0.2) is 12.4 Å². The number of likely N-dealkylation sites (N-methyl/N-ethyl adjacent to an activating group) is 1. The molecular formula is C16H29N5O. The second kappa shape index (κ2) is 7.85. The van der Waals surface area contributed by atoms with Crippen LogP contribution in [0.25, 0.3) is 0 Å². The molecule has 0 spiro atoms. The van der Waals surface area contributed by atoms with Crippen molar-refractivity contribution in [2.45, 2.75) is 25.9 Å². The van der Waals surface area contributed by atoms with E-state index in [2.05, 4.69) is 33.6 Å². The predicted molar refractivity (Wildman–Crippen MR) is 89.3 cm³/mol. The average Bonchev–Trinajstić information content (AvgIpc) is 2.47. The van der Waals surface area contributed by atoms with Gasteiger partial charge >= 0.3 is 0 Å². The number of anilines is 1. The summed E-state index contributed by atoms with van der Waals surface area (Å²) in [7, 11) is 3.97. The third-order valence-electron chi connectivity index (χ3n) is 4.02. The Hall–Kier alpha value is -1.24. The SMILES string of the molecule is CC(C)c1cnc(N2CCN(C[C@@H](O)CN(C)C)CC2)nc1. The maximum Gasteiger partial charge on any atom is 0.225 e. The van der Waals surface area contributed by atoms with Crippen molar-refractivity contribution < 1.29 is 5.11 Å². The summed E-state index contributed by atoms with van der Waals surface area (Å²) in [4.78, 5) is 15.5. The van der Waals surface area contributed by atoms with Crippen molar-refractivity contribution in [1.29, 1.82) is 0 Å². The minimum atomic E-state index is -0.289. The molecule has 0 radical (unpaired) electrons. The number of hydrogen-bond donors (Lipinski definition) is 1. The van der Waals surface area contributed by atoms with Crippen molar-refractivity contribution in [3.63, 3.8) is 0 Å². The minimum Gasteiger partial charge on any atom is -0.390 e. The Morgan fingerprint density at radius 3 is 2.23 bits per heavy atom. The van der Waals surface area contributed by atoms with Crippen LogP contribution in [0.1, 0.15) is 25.3 Å². The monoisotopic (exact) mass is 307 g/mol. The van der Waals surface area contributed by atoms with Crippen molar-refractivity contribution in [2.24, 2.45) is 0 Å². The Kier molecular flexibility index (Phi) is 6.11. The fourth-order valence-corrected chi connectivity index (χ4v) is 2.70.